The summed E-state index contributed by atoms with van der Waals surface area (Å²) in [6.07, 6.45) is 14.4. The molecule has 0 spiro atoms. The number of amides is 1. The molecule has 0 bridgehead atoms. The second-order valence-electron chi connectivity index (χ2n) is 7.35. The Kier molecular flexibility index (Phi) is 7.56. The summed E-state index contributed by atoms with van der Waals surface area (Å²) in [6, 6.07) is 0.432. The SMILES string of the molecule is CC1CCC(CCNCC(=O)NC2CCCCCC2)CC1. The first-order valence-corrected chi connectivity index (χ1v) is 9.24. The number of carbonyl (C=O) groups excluding carboxylic acids is 1. The van der Waals surface area contributed by atoms with Gasteiger partial charge in [-0.15, -0.1) is 0 Å². The molecule has 2 aliphatic rings. The van der Waals surface area contributed by atoms with Gasteiger partial charge in [0.1, 0.15) is 0 Å². The maximum Gasteiger partial charge on any atom is 0.234 e. The number of nitrogens with one attached hydrogen (secondary N) is 2. The van der Waals surface area contributed by atoms with Crippen LogP contribution in [-0.4, -0.2) is 25.0 Å². The highest BCUT2D eigenvalue weighted by Crippen LogP contribution is 2.29. The van der Waals surface area contributed by atoms with E-state index in [-0.39, 0.29) is 5.91 Å². The molecule has 0 aromatic carbocycles. The lowest BCUT2D eigenvalue weighted by molar-refractivity contribution is -0.121. The molecule has 0 aromatic heterocycles. The molecule has 0 heterocycles. The molecule has 2 rings (SSSR count). The van der Waals surface area contributed by atoms with Crippen LogP contribution in [-0.2, 0) is 4.79 Å². The minimum absolute atomic E-state index is 0.194. The molecule has 0 saturated heterocycles. The van der Waals surface area contributed by atoms with Crippen molar-refractivity contribution in [3.05, 3.63) is 0 Å². The highest BCUT2D eigenvalue weighted by molar-refractivity contribution is 5.78. The van der Waals surface area contributed by atoms with Gasteiger partial charge in [-0.3, -0.25) is 4.79 Å². The second-order valence-corrected chi connectivity index (χ2v) is 7.35. The van der Waals surface area contributed by atoms with Gasteiger partial charge in [0.05, 0.1) is 6.54 Å². The molecule has 122 valence electrons. The zero-order valence-corrected chi connectivity index (χ0v) is 13.8. The molecular formula is C18H34N2O. The van der Waals surface area contributed by atoms with Gasteiger partial charge in [0.15, 0.2) is 0 Å². The first-order chi connectivity index (χ1) is 10.2. The van der Waals surface area contributed by atoms with E-state index in [9.17, 15) is 4.79 Å². The first kappa shape index (κ1) is 16.8. The Labute approximate surface area is 130 Å². The van der Waals surface area contributed by atoms with Gasteiger partial charge in [0.2, 0.25) is 5.91 Å². The van der Waals surface area contributed by atoms with E-state index in [1.807, 2.05) is 0 Å². The Bertz CT molecular complexity index is 290. The van der Waals surface area contributed by atoms with Crippen molar-refractivity contribution in [1.82, 2.24) is 10.6 Å². The predicted molar refractivity (Wildman–Crippen MR) is 88.2 cm³/mol. The number of carbonyl (C=O) groups is 1. The minimum Gasteiger partial charge on any atom is -0.352 e. The van der Waals surface area contributed by atoms with Crippen LogP contribution < -0.4 is 10.6 Å². The summed E-state index contributed by atoms with van der Waals surface area (Å²) in [7, 11) is 0. The van der Waals surface area contributed by atoms with Crippen LogP contribution in [0.5, 0.6) is 0 Å². The maximum absolute atomic E-state index is 11.9. The van der Waals surface area contributed by atoms with Crippen molar-refractivity contribution >= 4 is 5.91 Å². The highest BCUT2D eigenvalue weighted by Gasteiger charge is 2.18. The van der Waals surface area contributed by atoms with Crippen molar-refractivity contribution in [2.45, 2.75) is 83.6 Å². The smallest absolute Gasteiger partial charge is 0.234 e. The Morgan fingerprint density at radius 2 is 1.62 bits per heavy atom. The van der Waals surface area contributed by atoms with Gasteiger partial charge in [0, 0.05) is 6.04 Å². The topological polar surface area (TPSA) is 41.1 Å². The molecular weight excluding hydrogens is 260 g/mol. The van der Waals surface area contributed by atoms with Crippen molar-refractivity contribution in [2.24, 2.45) is 11.8 Å². The average molecular weight is 294 g/mol. The molecule has 0 radical (unpaired) electrons. The molecule has 1 amide bonds. The molecule has 3 heteroatoms. The Hall–Kier alpha value is -0.570. The molecule has 0 aromatic rings. The van der Waals surface area contributed by atoms with Crippen molar-refractivity contribution < 1.29 is 4.79 Å². The number of rotatable bonds is 6. The Morgan fingerprint density at radius 1 is 0.952 bits per heavy atom. The van der Waals surface area contributed by atoms with Crippen LogP contribution in [0.1, 0.15) is 77.6 Å². The number of hydrogen-bond acceptors (Lipinski definition) is 2. The van der Waals surface area contributed by atoms with E-state index in [0.29, 0.717) is 12.6 Å². The zero-order chi connectivity index (χ0) is 14.9. The van der Waals surface area contributed by atoms with E-state index in [4.69, 9.17) is 0 Å². The van der Waals surface area contributed by atoms with Gasteiger partial charge in [0.25, 0.3) is 0 Å². The minimum atomic E-state index is 0.194. The van der Waals surface area contributed by atoms with Crippen molar-refractivity contribution in [1.29, 1.82) is 0 Å². The molecule has 0 unspecified atom stereocenters. The third kappa shape index (κ3) is 6.82. The molecule has 2 saturated carbocycles. The molecule has 21 heavy (non-hydrogen) atoms. The summed E-state index contributed by atoms with van der Waals surface area (Å²) >= 11 is 0. The standard InChI is InChI=1S/C18H34N2O/c1-15-8-10-16(11-9-15)12-13-19-14-18(21)20-17-6-4-2-3-5-7-17/h15-17,19H,2-14H2,1H3,(H,20,21). The van der Waals surface area contributed by atoms with Crippen molar-refractivity contribution in [3.63, 3.8) is 0 Å². The van der Waals surface area contributed by atoms with Crippen LogP contribution in [0.4, 0.5) is 0 Å². The predicted octanol–water partition coefficient (Wildman–Crippen LogP) is 3.63. The fourth-order valence-corrected chi connectivity index (χ4v) is 3.83. The normalized spacial score (nSPS) is 28.0. The maximum atomic E-state index is 11.9. The first-order valence-electron chi connectivity index (χ1n) is 9.24. The van der Waals surface area contributed by atoms with E-state index in [1.165, 1.54) is 70.6 Å². The fraction of sp³-hybridized carbons (Fsp3) is 0.944. The lowest BCUT2D eigenvalue weighted by Crippen LogP contribution is -2.40. The van der Waals surface area contributed by atoms with Crippen molar-refractivity contribution in [2.75, 3.05) is 13.1 Å². The van der Waals surface area contributed by atoms with Crippen LogP contribution >= 0.6 is 0 Å². The molecule has 2 fully saturated rings. The summed E-state index contributed by atoms with van der Waals surface area (Å²) in [5.74, 6) is 2.01. The molecule has 0 atom stereocenters. The summed E-state index contributed by atoms with van der Waals surface area (Å²) in [4.78, 5) is 11.9. The quantitative estimate of drug-likeness (QED) is 0.580. The Morgan fingerprint density at radius 3 is 2.29 bits per heavy atom. The van der Waals surface area contributed by atoms with Crippen LogP contribution in [0.25, 0.3) is 0 Å². The molecule has 2 aliphatic carbocycles. The van der Waals surface area contributed by atoms with E-state index in [0.717, 1.165) is 18.4 Å². The third-order valence-corrected chi connectivity index (χ3v) is 5.37. The molecule has 2 N–H and O–H groups in total. The zero-order valence-electron chi connectivity index (χ0n) is 13.8. The van der Waals surface area contributed by atoms with Crippen molar-refractivity contribution in [3.8, 4) is 0 Å². The number of hydrogen-bond donors (Lipinski definition) is 2. The van der Waals surface area contributed by atoms with Gasteiger partial charge in [-0.1, -0.05) is 58.3 Å². The largest absolute Gasteiger partial charge is 0.352 e. The average Bonchev–Trinajstić information content (AvgIpc) is 2.74. The van der Waals surface area contributed by atoms with Crippen LogP contribution in [0, 0.1) is 11.8 Å². The summed E-state index contributed by atoms with van der Waals surface area (Å²) in [6.45, 7) is 3.86. The second kappa shape index (κ2) is 9.45. The molecule has 0 aliphatic heterocycles. The van der Waals surface area contributed by atoms with Gasteiger partial charge in [-0.2, -0.15) is 0 Å². The van der Waals surface area contributed by atoms with Gasteiger partial charge in [-0.05, 0) is 37.6 Å². The van der Waals surface area contributed by atoms with Crippen LogP contribution in [0.3, 0.4) is 0 Å². The van der Waals surface area contributed by atoms with E-state index >= 15 is 0 Å². The van der Waals surface area contributed by atoms with Gasteiger partial charge in [-0.25, -0.2) is 0 Å². The summed E-state index contributed by atoms with van der Waals surface area (Å²) in [5, 5.41) is 6.54. The highest BCUT2D eigenvalue weighted by atomic mass is 16.1. The fourth-order valence-electron chi connectivity index (χ4n) is 3.83. The van der Waals surface area contributed by atoms with Crippen LogP contribution in [0.2, 0.25) is 0 Å². The van der Waals surface area contributed by atoms with Gasteiger partial charge < -0.3 is 10.6 Å². The monoisotopic (exact) mass is 294 g/mol. The molecule has 3 nitrogen and oxygen atoms in total. The Balaban J connectivity index is 1.50. The van der Waals surface area contributed by atoms with E-state index in [1.54, 1.807) is 0 Å². The lowest BCUT2D eigenvalue weighted by atomic mass is 9.81. The van der Waals surface area contributed by atoms with Crippen LogP contribution in [0.15, 0.2) is 0 Å². The lowest BCUT2D eigenvalue weighted by Gasteiger charge is -2.26. The third-order valence-electron chi connectivity index (χ3n) is 5.37. The van der Waals surface area contributed by atoms with E-state index in [2.05, 4.69) is 17.6 Å². The van der Waals surface area contributed by atoms with E-state index < -0.39 is 0 Å². The van der Waals surface area contributed by atoms with Gasteiger partial charge >= 0.3 is 0 Å². The summed E-state index contributed by atoms with van der Waals surface area (Å²) in [5.41, 5.74) is 0. The summed E-state index contributed by atoms with van der Waals surface area (Å²) < 4.78 is 0.